The van der Waals surface area contributed by atoms with Crippen molar-refractivity contribution in [1.29, 1.82) is 0 Å². The van der Waals surface area contributed by atoms with E-state index in [9.17, 15) is 10.1 Å². The summed E-state index contributed by atoms with van der Waals surface area (Å²) in [4.78, 5) is 11.3. The highest BCUT2D eigenvalue weighted by Crippen LogP contribution is 2.41. The van der Waals surface area contributed by atoms with E-state index >= 15 is 0 Å². The number of ether oxygens (including phenoxy) is 1. The van der Waals surface area contributed by atoms with Gasteiger partial charge in [-0.1, -0.05) is 69.1 Å². The Morgan fingerprint density at radius 3 is 2.49 bits per heavy atom. The second-order valence-electron chi connectivity index (χ2n) is 7.92. The fraction of sp³-hybridized carbons (Fsp3) is 0.200. The van der Waals surface area contributed by atoms with Gasteiger partial charge in [0.05, 0.1) is 0 Å². The van der Waals surface area contributed by atoms with Crippen LogP contribution in [0.3, 0.4) is 0 Å². The van der Waals surface area contributed by atoms with E-state index in [1.165, 1.54) is 17.3 Å². The number of nitro groups is 1. The van der Waals surface area contributed by atoms with Crippen LogP contribution in [0.5, 0.6) is 5.75 Å². The molecule has 0 N–H and O–H groups in total. The smallest absolute Gasteiger partial charge is 0.220 e. The standard InChI is InChI=1S/C25H22BrClN4O3S/c1-16-3-5-18(6-4-16)15-34-23-12-7-19(26)13-22(23)24(14-30(32)33)35-25-29-28-17(2)31(25)21-10-8-20(27)9-11-21/h3-13,24H,14-15H2,1-2H3/t24-/m0/s1. The minimum absolute atomic E-state index is 0.311. The molecule has 4 aromatic rings. The van der Waals surface area contributed by atoms with E-state index in [-0.39, 0.29) is 11.5 Å². The third-order valence-electron chi connectivity index (χ3n) is 5.28. The number of thioether (sulfide) groups is 1. The van der Waals surface area contributed by atoms with Crippen LogP contribution in [0.4, 0.5) is 0 Å². The number of nitrogens with zero attached hydrogens (tertiary/aromatic N) is 4. The molecule has 1 aromatic heterocycles. The zero-order valence-electron chi connectivity index (χ0n) is 19.0. The number of benzene rings is 3. The van der Waals surface area contributed by atoms with E-state index in [0.717, 1.165) is 15.7 Å². The van der Waals surface area contributed by atoms with Gasteiger partial charge in [0.15, 0.2) is 5.16 Å². The van der Waals surface area contributed by atoms with Crippen LogP contribution in [-0.4, -0.2) is 26.2 Å². The Balaban J connectivity index is 1.67. The van der Waals surface area contributed by atoms with E-state index < -0.39 is 5.25 Å². The lowest BCUT2D eigenvalue weighted by atomic mass is 10.1. The highest BCUT2D eigenvalue weighted by Gasteiger charge is 2.27. The van der Waals surface area contributed by atoms with Crippen LogP contribution in [0.2, 0.25) is 5.02 Å². The predicted octanol–water partition coefficient (Wildman–Crippen LogP) is 6.99. The molecule has 4 rings (SSSR count). The number of hydrogen-bond acceptors (Lipinski definition) is 6. The molecule has 7 nitrogen and oxygen atoms in total. The van der Waals surface area contributed by atoms with Crippen molar-refractivity contribution in [3.05, 3.63) is 109 Å². The molecule has 1 atom stereocenters. The number of rotatable bonds is 9. The van der Waals surface area contributed by atoms with Crippen LogP contribution < -0.4 is 4.74 Å². The molecule has 0 spiro atoms. The first-order valence-corrected chi connectivity index (χ1v) is 12.8. The van der Waals surface area contributed by atoms with E-state index in [1.807, 2.05) is 73.0 Å². The number of aryl methyl sites for hydroxylation is 2. The zero-order chi connectivity index (χ0) is 24.9. The lowest BCUT2D eigenvalue weighted by Crippen LogP contribution is -2.12. The first-order valence-electron chi connectivity index (χ1n) is 10.7. The summed E-state index contributed by atoms with van der Waals surface area (Å²) < 4.78 is 8.80. The molecule has 0 fully saturated rings. The molecule has 0 aliphatic heterocycles. The Bertz CT molecular complexity index is 1330. The van der Waals surface area contributed by atoms with Gasteiger partial charge in [-0.2, -0.15) is 0 Å². The van der Waals surface area contributed by atoms with Crippen molar-refractivity contribution in [2.75, 3.05) is 6.54 Å². The molecule has 0 unspecified atom stereocenters. The van der Waals surface area contributed by atoms with Crippen molar-refractivity contribution >= 4 is 39.3 Å². The average Bonchev–Trinajstić information content (AvgIpc) is 3.19. The van der Waals surface area contributed by atoms with Crippen molar-refractivity contribution in [3.8, 4) is 11.4 Å². The number of hydrogen-bond donors (Lipinski definition) is 0. The summed E-state index contributed by atoms with van der Waals surface area (Å²) >= 11 is 10.8. The molecule has 0 aliphatic carbocycles. The minimum atomic E-state index is -0.565. The molecule has 0 saturated heterocycles. The van der Waals surface area contributed by atoms with Crippen molar-refractivity contribution in [2.24, 2.45) is 0 Å². The van der Waals surface area contributed by atoms with Gasteiger partial charge in [0.25, 0.3) is 0 Å². The van der Waals surface area contributed by atoms with Gasteiger partial charge in [0, 0.05) is 25.7 Å². The molecule has 180 valence electrons. The molecular weight excluding hydrogens is 552 g/mol. The Labute approximate surface area is 220 Å². The van der Waals surface area contributed by atoms with Gasteiger partial charge in [0.1, 0.15) is 23.4 Å². The highest BCUT2D eigenvalue weighted by atomic mass is 79.9. The molecule has 1 heterocycles. The highest BCUT2D eigenvalue weighted by molar-refractivity contribution is 9.10. The van der Waals surface area contributed by atoms with Gasteiger partial charge in [-0.3, -0.25) is 14.7 Å². The first-order chi connectivity index (χ1) is 16.8. The lowest BCUT2D eigenvalue weighted by molar-refractivity contribution is -0.479. The minimum Gasteiger partial charge on any atom is -0.489 e. The first kappa shape index (κ1) is 25.2. The van der Waals surface area contributed by atoms with Crippen LogP contribution >= 0.6 is 39.3 Å². The van der Waals surface area contributed by atoms with Gasteiger partial charge >= 0.3 is 0 Å². The monoisotopic (exact) mass is 572 g/mol. The molecule has 0 radical (unpaired) electrons. The van der Waals surface area contributed by atoms with Crippen LogP contribution in [0.15, 0.2) is 76.4 Å². The van der Waals surface area contributed by atoms with E-state index in [1.54, 1.807) is 12.1 Å². The molecule has 0 bridgehead atoms. The topological polar surface area (TPSA) is 83.1 Å². The summed E-state index contributed by atoms with van der Waals surface area (Å²) in [5.74, 6) is 1.25. The summed E-state index contributed by atoms with van der Waals surface area (Å²) in [7, 11) is 0. The van der Waals surface area contributed by atoms with E-state index in [4.69, 9.17) is 16.3 Å². The third-order valence-corrected chi connectivity index (χ3v) is 7.18. The zero-order valence-corrected chi connectivity index (χ0v) is 22.2. The van der Waals surface area contributed by atoms with Crippen molar-refractivity contribution in [1.82, 2.24) is 14.8 Å². The van der Waals surface area contributed by atoms with Crippen LogP contribution in [0.1, 0.15) is 27.8 Å². The maximum absolute atomic E-state index is 11.7. The summed E-state index contributed by atoms with van der Waals surface area (Å²) in [5.41, 5.74) is 3.71. The quantitative estimate of drug-likeness (QED) is 0.122. The molecule has 0 aliphatic rings. The summed E-state index contributed by atoms with van der Waals surface area (Å²) in [5, 5.41) is 20.8. The molecule has 35 heavy (non-hydrogen) atoms. The number of aromatic nitrogens is 3. The Kier molecular flexibility index (Phi) is 8.10. The van der Waals surface area contributed by atoms with Crippen molar-refractivity contribution in [2.45, 2.75) is 30.9 Å². The average molecular weight is 574 g/mol. The molecule has 0 saturated carbocycles. The van der Waals surface area contributed by atoms with E-state index in [2.05, 4.69) is 26.1 Å². The van der Waals surface area contributed by atoms with Crippen LogP contribution in [0, 0.1) is 24.0 Å². The van der Waals surface area contributed by atoms with Gasteiger partial charge in [0.2, 0.25) is 6.54 Å². The lowest BCUT2D eigenvalue weighted by Gasteiger charge is -2.18. The van der Waals surface area contributed by atoms with Gasteiger partial charge in [-0.25, -0.2) is 0 Å². The summed E-state index contributed by atoms with van der Waals surface area (Å²) in [6.07, 6.45) is 0. The largest absolute Gasteiger partial charge is 0.489 e. The van der Waals surface area contributed by atoms with Gasteiger partial charge < -0.3 is 4.74 Å². The van der Waals surface area contributed by atoms with Gasteiger partial charge in [-0.05, 0) is 61.9 Å². The third kappa shape index (κ3) is 6.42. The van der Waals surface area contributed by atoms with Crippen molar-refractivity contribution in [3.63, 3.8) is 0 Å². The van der Waals surface area contributed by atoms with Crippen molar-refractivity contribution < 1.29 is 9.66 Å². The Hall–Kier alpha value is -2.88. The predicted molar refractivity (Wildman–Crippen MR) is 141 cm³/mol. The van der Waals surface area contributed by atoms with Crippen LogP contribution in [0.25, 0.3) is 5.69 Å². The Morgan fingerprint density at radius 1 is 1.09 bits per heavy atom. The fourth-order valence-electron chi connectivity index (χ4n) is 3.52. The maximum atomic E-state index is 11.7. The molecular formula is C25H22BrClN4O3S. The fourth-order valence-corrected chi connectivity index (χ4v) is 5.21. The maximum Gasteiger partial charge on any atom is 0.220 e. The summed E-state index contributed by atoms with van der Waals surface area (Å²) in [6, 6.07) is 20.9. The number of halogens is 2. The summed E-state index contributed by atoms with van der Waals surface area (Å²) in [6.45, 7) is 3.91. The second kappa shape index (κ2) is 11.2. The van der Waals surface area contributed by atoms with E-state index in [0.29, 0.717) is 33.9 Å². The molecule has 0 amide bonds. The Morgan fingerprint density at radius 2 is 1.80 bits per heavy atom. The van der Waals surface area contributed by atoms with Gasteiger partial charge in [-0.15, -0.1) is 10.2 Å². The normalized spacial score (nSPS) is 11.9. The molecule has 3 aromatic carbocycles. The van der Waals surface area contributed by atoms with Crippen LogP contribution in [-0.2, 0) is 6.61 Å². The second-order valence-corrected chi connectivity index (χ2v) is 10.4. The SMILES string of the molecule is Cc1ccc(COc2ccc(Br)cc2[C@H](C[N+](=O)[O-])Sc2nnc(C)n2-c2ccc(Cl)cc2)cc1. The molecule has 10 heteroatoms.